The molecule has 8 nitrogen and oxygen atoms in total. The van der Waals surface area contributed by atoms with E-state index < -0.39 is 47.6 Å². The van der Waals surface area contributed by atoms with Crippen molar-refractivity contribution in [2.45, 2.75) is 38.5 Å². The first kappa shape index (κ1) is 20.8. The Morgan fingerprint density at radius 3 is 2.52 bits per heavy atom. The Morgan fingerprint density at radius 1 is 1.21 bits per heavy atom. The third kappa shape index (κ3) is 4.73. The zero-order valence-corrected chi connectivity index (χ0v) is 15.6. The lowest BCUT2D eigenvalue weighted by Crippen LogP contribution is -2.47. The fourth-order valence-corrected chi connectivity index (χ4v) is 3.09. The molecule has 29 heavy (non-hydrogen) atoms. The average Bonchev–Trinajstić information content (AvgIpc) is 3.14. The predicted molar refractivity (Wildman–Crippen MR) is 90.9 cm³/mol. The Labute approximate surface area is 163 Å². The number of hydrogen-bond acceptors (Lipinski definition) is 7. The Kier molecular flexibility index (Phi) is 6.16. The number of carbonyl (C=O) groups is 2. The van der Waals surface area contributed by atoms with Crippen molar-refractivity contribution >= 4 is 11.9 Å². The van der Waals surface area contributed by atoms with E-state index in [9.17, 15) is 22.8 Å². The van der Waals surface area contributed by atoms with Crippen molar-refractivity contribution < 1.29 is 37.0 Å². The Bertz CT molecular complexity index is 897. The summed E-state index contributed by atoms with van der Waals surface area (Å²) in [5.41, 5.74) is 0.104. The molecule has 11 heteroatoms. The molecule has 1 aromatic heterocycles. The normalized spacial score (nSPS) is 21.6. The van der Waals surface area contributed by atoms with Gasteiger partial charge in [0.15, 0.2) is 23.6 Å². The van der Waals surface area contributed by atoms with E-state index in [1.165, 1.54) is 24.7 Å². The number of nitrogens with zero attached hydrogens (tertiary/aromatic N) is 3. The molecule has 0 amide bonds. The SMILES string of the molecule is CC(=O)OC[C@H]1OCC[C@@H](n2cc(-c3cc(F)c(F)c(F)c3)nn2)[C@@H]1OC(C)=O. The minimum Gasteiger partial charge on any atom is -0.463 e. The van der Waals surface area contributed by atoms with Gasteiger partial charge in [-0.1, -0.05) is 5.21 Å². The molecule has 0 N–H and O–H groups in total. The summed E-state index contributed by atoms with van der Waals surface area (Å²) >= 11 is 0. The molecule has 0 unspecified atom stereocenters. The van der Waals surface area contributed by atoms with Crippen LogP contribution in [0.4, 0.5) is 13.2 Å². The van der Waals surface area contributed by atoms with Crippen LogP contribution >= 0.6 is 0 Å². The summed E-state index contributed by atoms with van der Waals surface area (Å²) in [7, 11) is 0. The van der Waals surface area contributed by atoms with Crippen molar-refractivity contribution in [3.63, 3.8) is 0 Å². The number of benzene rings is 1. The molecule has 156 valence electrons. The standard InChI is InChI=1S/C18H18F3N3O5/c1-9(25)28-8-16-18(29-10(2)26)15(3-4-27-16)24-7-14(22-23-24)11-5-12(19)17(21)13(20)6-11/h5-7,15-16,18H,3-4,8H2,1-2H3/t15-,16-,18+/m1/s1. The van der Waals surface area contributed by atoms with Crippen LogP contribution < -0.4 is 0 Å². The third-order valence-electron chi connectivity index (χ3n) is 4.37. The van der Waals surface area contributed by atoms with Crippen LogP contribution in [-0.2, 0) is 23.8 Å². The number of halogens is 3. The molecule has 2 aromatic rings. The molecule has 0 saturated carbocycles. The topological polar surface area (TPSA) is 92.5 Å². The first-order chi connectivity index (χ1) is 13.8. The van der Waals surface area contributed by atoms with Crippen LogP contribution in [0.1, 0.15) is 26.3 Å². The summed E-state index contributed by atoms with van der Waals surface area (Å²) in [6, 6.07) is 1.10. The summed E-state index contributed by atoms with van der Waals surface area (Å²) in [4.78, 5) is 22.7. The van der Waals surface area contributed by atoms with Crippen molar-refractivity contribution in [1.82, 2.24) is 15.0 Å². The molecule has 1 fully saturated rings. The van der Waals surface area contributed by atoms with E-state index in [1.807, 2.05) is 0 Å². The van der Waals surface area contributed by atoms with Gasteiger partial charge in [0, 0.05) is 26.0 Å². The van der Waals surface area contributed by atoms with Crippen molar-refractivity contribution in [3.8, 4) is 11.3 Å². The Balaban J connectivity index is 1.87. The molecule has 1 aliphatic rings. The zero-order chi connectivity index (χ0) is 21.1. The minimum atomic E-state index is -1.58. The molecule has 2 heterocycles. The van der Waals surface area contributed by atoms with Crippen LogP contribution in [0.5, 0.6) is 0 Å². The largest absolute Gasteiger partial charge is 0.463 e. The summed E-state index contributed by atoms with van der Waals surface area (Å²) in [5, 5.41) is 7.84. The van der Waals surface area contributed by atoms with Crippen LogP contribution in [0.25, 0.3) is 11.3 Å². The summed E-state index contributed by atoms with van der Waals surface area (Å²) in [5.74, 6) is -5.35. The van der Waals surface area contributed by atoms with Gasteiger partial charge in [0.25, 0.3) is 0 Å². The van der Waals surface area contributed by atoms with E-state index in [2.05, 4.69) is 10.3 Å². The molecule has 1 aliphatic heterocycles. The highest BCUT2D eigenvalue weighted by atomic mass is 19.2. The highest BCUT2D eigenvalue weighted by molar-refractivity contribution is 5.66. The van der Waals surface area contributed by atoms with Crippen molar-refractivity contribution in [3.05, 3.63) is 35.8 Å². The summed E-state index contributed by atoms with van der Waals surface area (Å²) < 4.78 is 57.5. The molecule has 1 saturated heterocycles. The number of carbonyl (C=O) groups excluding carboxylic acids is 2. The molecular weight excluding hydrogens is 395 g/mol. The summed E-state index contributed by atoms with van der Waals surface area (Å²) in [6.45, 7) is 2.61. The highest BCUT2D eigenvalue weighted by Gasteiger charge is 2.39. The minimum absolute atomic E-state index is 0.000193. The molecule has 0 radical (unpaired) electrons. The molecular formula is C18H18F3N3O5. The lowest BCUT2D eigenvalue weighted by molar-refractivity contribution is -0.178. The Hall–Kier alpha value is -2.95. The number of esters is 2. The monoisotopic (exact) mass is 413 g/mol. The van der Waals surface area contributed by atoms with Gasteiger partial charge >= 0.3 is 11.9 Å². The second-order valence-corrected chi connectivity index (χ2v) is 6.48. The fraction of sp³-hybridized carbons (Fsp3) is 0.444. The van der Waals surface area contributed by atoms with Gasteiger partial charge in [0.2, 0.25) is 0 Å². The molecule has 1 aromatic carbocycles. The second kappa shape index (κ2) is 8.60. The van der Waals surface area contributed by atoms with Gasteiger partial charge < -0.3 is 14.2 Å². The van der Waals surface area contributed by atoms with Gasteiger partial charge in [-0.05, 0) is 18.6 Å². The van der Waals surface area contributed by atoms with Crippen LogP contribution in [0, 0.1) is 17.5 Å². The quantitative estimate of drug-likeness (QED) is 0.548. The van der Waals surface area contributed by atoms with Gasteiger partial charge in [-0.25, -0.2) is 17.9 Å². The fourth-order valence-electron chi connectivity index (χ4n) is 3.09. The number of hydrogen-bond donors (Lipinski definition) is 0. The maximum absolute atomic E-state index is 13.5. The van der Waals surface area contributed by atoms with Gasteiger partial charge in [0.1, 0.15) is 18.4 Å². The van der Waals surface area contributed by atoms with Gasteiger partial charge in [0.05, 0.1) is 12.2 Å². The Morgan fingerprint density at radius 2 is 1.90 bits per heavy atom. The van der Waals surface area contributed by atoms with Crippen LogP contribution in [-0.4, -0.2) is 52.4 Å². The second-order valence-electron chi connectivity index (χ2n) is 6.48. The zero-order valence-electron chi connectivity index (χ0n) is 15.6. The molecule has 3 rings (SSSR count). The van der Waals surface area contributed by atoms with E-state index in [0.717, 1.165) is 12.1 Å². The third-order valence-corrected chi connectivity index (χ3v) is 4.37. The number of aromatic nitrogens is 3. The molecule has 0 spiro atoms. The molecule has 0 aliphatic carbocycles. The van der Waals surface area contributed by atoms with E-state index in [4.69, 9.17) is 14.2 Å². The van der Waals surface area contributed by atoms with Crippen LogP contribution in [0.2, 0.25) is 0 Å². The van der Waals surface area contributed by atoms with E-state index in [-0.39, 0.29) is 24.5 Å². The molecule has 0 bridgehead atoms. The highest BCUT2D eigenvalue weighted by Crippen LogP contribution is 2.30. The van der Waals surface area contributed by atoms with E-state index in [1.54, 1.807) is 0 Å². The number of rotatable bonds is 5. The van der Waals surface area contributed by atoms with Gasteiger partial charge in [-0.3, -0.25) is 9.59 Å². The van der Waals surface area contributed by atoms with Crippen LogP contribution in [0.15, 0.2) is 18.3 Å². The van der Waals surface area contributed by atoms with Crippen molar-refractivity contribution in [2.24, 2.45) is 0 Å². The smallest absolute Gasteiger partial charge is 0.303 e. The van der Waals surface area contributed by atoms with Gasteiger partial charge in [-0.15, -0.1) is 5.10 Å². The first-order valence-corrected chi connectivity index (χ1v) is 8.75. The number of ether oxygens (including phenoxy) is 3. The molecule has 3 atom stereocenters. The lowest BCUT2D eigenvalue weighted by atomic mass is 9.99. The van der Waals surface area contributed by atoms with E-state index in [0.29, 0.717) is 6.42 Å². The maximum Gasteiger partial charge on any atom is 0.303 e. The van der Waals surface area contributed by atoms with Gasteiger partial charge in [-0.2, -0.15) is 0 Å². The van der Waals surface area contributed by atoms with Crippen LogP contribution in [0.3, 0.4) is 0 Å². The summed E-state index contributed by atoms with van der Waals surface area (Å²) in [6.07, 6.45) is 0.233. The lowest BCUT2D eigenvalue weighted by Gasteiger charge is -2.36. The average molecular weight is 413 g/mol. The maximum atomic E-state index is 13.5. The van der Waals surface area contributed by atoms with E-state index >= 15 is 0 Å². The van der Waals surface area contributed by atoms with Crippen molar-refractivity contribution in [1.29, 1.82) is 0 Å². The van der Waals surface area contributed by atoms with Crippen molar-refractivity contribution in [2.75, 3.05) is 13.2 Å². The predicted octanol–water partition coefficient (Wildman–Crippen LogP) is 2.19. The first-order valence-electron chi connectivity index (χ1n) is 8.75.